The van der Waals surface area contributed by atoms with Gasteiger partial charge in [-0.3, -0.25) is 0 Å². The SMILES string of the molecule is COc1ccc(Cl)cc1NCc1sccc1Br. The van der Waals surface area contributed by atoms with Crippen LogP contribution in [0.5, 0.6) is 5.75 Å². The van der Waals surface area contributed by atoms with Crippen molar-refractivity contribution in [3.05, 3.63) is 44.0 Å². The lowest BCUT2D eigenvalue weighted by molar-refractivity contribution is 0.416. The lowest BCUT2D eigenvalue weighted by atomic mass is 10.3. The molecule has 1 heterocycles. The van der Waals surface area contributed by atoms with Gasteiger partial charge in [0.25, 0.3) is 0 Å². The molecule has 0 amide bonds. The zero-order valence-corrected chi connectivity index (χ0v) is 12.3. The first kappa shape index (κ1) is 12.7. The van der Waals surface area contributed by atoms with Crippen LogP contribution >= 0.6 is 38.9 Å². The van der Waals surface area contributed by atoms with Crippen molar-refractivity contribution in [1.29, 1.82) is 0 Å². The lowest BCUT2D eigenvalue weighted by Gasteiger charge is -2.11. The Balaban J connectivity index is 2.13. The fraction of sp³-hybridized carbons (Fsp3) is 0.167. The Hall–Kier alpha value is -0.710. The number of hydrogen-bond acceptors (Lipinski definition) is 3. The zero-order valence-electron chi connectivity index (χ0n) is 9.17. The fourth-order valence-electron chi connectivity index (χ4n) is 1.45. The highest BCUT2D eigenvalue weighted by Crippen LogP contribution is 2.29. The van der Waals surface area contributed by atoms with Gasteiger partial charge in [-0.1, -0.05) is 11.6 Å². The maximum absolute atomic E-state index is 5.96. The molecule has 0 unspecified atom stereocenters. The molecule has 0 atom stereocenters. The van der Waals surface area contributed by atoms with Gasteiger partial charge in [0, 0.05) is 14.4 Å². The highest BCUT2D eigenvalue weighted by Gasteiger charge is 2.05. The van der Waals surface area contributed by atoms with E-state index in [2.05, 4.69) is 26.6 Å². The highest BCUT2D eigenvalue weighted by atomic mass is 79.9. The molecule has 0 aliphatic heterocycles. The summed E-state index contributed by atoms with van der Waals surface area (Å²) in [5, 5.41) is 6.06. The van der Waals surface area contributed by atoms with Gasteiger partial charge in [-0.25, -0.2) is 0 Å². The Labute approximate surface area is 118 Å². The fourth-order valence-corrected chi connectivity index (χ4v) is 3.05. The number of hydrogen-bond donors (Lipinski definition) is 1. The first-order valence-electron chi connectivity index (χ1n) is 5.00. The maximum atomic E-state index is 5.96. The van der Waals surface area contributed by atoms with Crippen molar-refractivity contribution in [2.45, 2.75) is 6.54 Å². The summed E-state index contributed by atoms with van der Waals surface area (Å²) in [6, 6.07) is 7.57. The van der Waals surface area contributed by atoms with Crippen molar-refractivity contribution in [2.75, 3.05) is 12.4 Å². The largest absolute Gasteiger partial charge is 0.495 e. The smallest absolute Gasteiger partial charge is 0.142 e. The molecule has 1 N–H and O–H groups in total. The quantitative estimate of drug-likeness (QED) is 0.869. The van der Waals surface area contributed by atoms with Crippen LogP contribution in [0.15, 0.2) is 34.1 Å². The van der Waals surface area contributed by atoms with Gasteiger partial charge < -0.3 is 10.1 Å². The standard InChI is InChI=1S/C12H11BrClNOS/c1-16-11-3-2-8(14)6-10(11)15-7-12-9(13)4-5-17-12/h2-6,15H,7H2,1H3. The van der Waals surface area contributed by atoms with Gasteiger partial charge in [0.1, 0.15) is 5.75 Å². The van der Waals surface area contributed by atoms with Crippen molar-refractivity contribution in [3.63, 3.8) is 0 Å². The van der Waals surface area contributed by atoms with E-state index in [0.29, 0.717) is 5.02 Å². The molecular formula is C12H11BrClNOS. The third-order valence-corrected chi connectivity index (χ3v) is 4.45. The number of ether oxygens (including phenoxy) is 1. The van der Waals surface area contributed by atoms with Gasteiger partial charge in [0.15, 0.2) is 0 Å². The van der Waals surface area contributed by atoms with Crippen LogP contribution in [0, 0.1) is 0 Å². The molecule has 0 saturated carbocycles. The van der Waals surface area contributed by atoms with E-state index in [0.717, 1.165) is 22.5 Å². The van der Waals surface area contributed by atoms with Crippen LogP contribution in [0.25, 0.3) is 0 Å². The van der Waals surface area contributed by atoms with Crippen LogP contribution in [-0.2, 0) is 6.54 Å². The average Bonchev–Trinajstić information content (AvgIpc) is 2.72. The number of rotatable bonds is 4. The minimum atomic E-state index is 0.693. The van der Waals surface area contributed by atoms with Crippen LogP contribution in [0.1, 0.15) is 4.88 Å². The van der Waals surface area contributed by atoms with E-state index in [4.69, 9.17) is 16.3 Å². The van der Waals surface area contributed by atoms with E-state index in [9.17, 15) is 0 Å². The van der Waals surface area contributed by atoms with Gasteiger partial charge in [-0.05, 0) is 45.6 Å². The predicted octanol–water partition coefficient (Wildman–Crippen LogP) is 4.78. The van der Waals surface area contributed by atoms with E-state index < -0.39 is 0 Å². The molecule has 1 aromatic heterocycles. The topological polar surface area (TPSA) is 21.3 Å². The molecule has 0 spiro atoms. The normalized spacial score (nSPS) is 10.3. The highest BCUT2D eigenvalue weighted by molar-refractivity contribution is 9.10. The first-order chi connectivity index (χ1) is 8.20. The van der Waals surface area contributed by atoms with Gasteiger partial charge in [-0.15, -0.1) is 11.3 Å². The van der Waals surface area contributed by atoms with Crippen LogP contribution in [0.2, 0.25) is 5.02 Å². The Bertz CT molecular complexity index is 515. The molecule has 0 bridgehead atoms. The van der Waals surface area contributed by atoms with Gasteiger partial charge in [-0.2, -0.15) is 0 Å². The summed E-state index contributed by atoms with van der Waals surface area (Å²) in [6.45, 7) is 0.745. The molecule has 90 valence electrons. The number of nitrogens with one attached hydrogen (secondary N) is 1. The molecule has 5 heteroatoms. The van der Waals surface area contributed by atoms with Crippen LogP contribution in [0.3, 0.4) is 0 Å². The molecular weight excluding hydrogens is 322 g/mol. The van der Waals surface area contributed by atoms with E-state index >= 15 is 0 Å². The Morgan fingerprint density at radius 1 is 1.41 bits per heavy atom. The molecule has 0 aliphatic rings. The van der Waals surface area contributed by atoms with Gasteiger partial charge in [0.05, 0.1) is 19.3 Å². The summed E-state index contributed by atoms with van der Waals surface area (Å²) in [6.07, 6.45) is 0. The van der Waals surface area contributed by atoms with Crippen molar-refractivity contribution in [3.8, 4) is 5.75 Å². The molecule has 0 aliphatic carbocycles. The number of anilines is 1. The second-order valence-electron chi connectivity index (χ2n) is 3.39. The third kappa shape index (κ3) is 3.15. The molecule has 2 rings (SSSR count). The van der Waals surface area contributed by atoms with E-state index in [1.165, 1.54) is 4.88 Å². The first-order valence-corrected chi connectivity index (χ1v) is 7.05. The Morgan fingerprint density at radius 3 is 2.88 bits per heavy atom. The third-order valence-electron chi connectivity index (χ3n) is 2.29. The van der Waals surface area contributed by atoms with E-state index in [1.54, 1.807) is 18.4 Å². The molecule has 2 aromatic rings. The summed E-state index contributed by atoms with van der Waals surface area (Å²) in [4.78, 5) is 1.24. The lowest BCUT2D eigenvalue weighted by Crippen LogP contribution is -2.00. The van der Waals surface area contributed by atoms with Crippen LogP contribution in [0.4, 0.5) is 5.69 Å². The second-order valence-corrected chi connectivity index (χ2v) is 5.68. The molecule has 0 radical (unpaired) electrons. The number of benzene rings is 1. The summed E-state index contributed by atoms with van der Waals surface area (Å²) in [5.41, 5.74) is 0.903. The molecule has 2 nitrogen and oxygen atoms in total. The minimum absolute atomic E-state index is 0.693. The van der Waals surface area contributed by atoms with Crippen molar-refractivity contribution >= 4 is 44.6 Å². The number of halogens is 2. The molecule has 0 saturated heterocycles. The summed E-state index contributed by atoms with van der Waals surface area (Å²) >= 11 is 11.2. The van der Waals surface area contributed by atoms with Crippen LogP contribution in [-0.4, -0.2) is 7.11 Å². The van der Waals surface area contributed by atoms with Crippen molar-refractivity contribution < 1.29 is 4.74 Å². The van der Waals surface area contributed by atoms with Crippen molar-refractivity contribution in [1.82, 2.24) is 0 Å². The molecule has 0 fully saturated rings. The Morgan fingerprint density at radius 2 is 2.24 bits per heavy atom. The minimum Gasteiger partial charge on any atom is -0.495 e. The summed E-state index contributed by atoms with van der Waals surface area (Å²) < 4.78 is 6.39. The number of methoxy groups -OCH3 is 1. The van der Waals surface area contributed by atoms with E-state index in [-0.39, 0.29) is 0 Å². The summed E-state index contributed by atoms with van der Waals surface area (Å²) in [7, 11) is 1.65. The van der Waals surface area contributed by atoms with Crippen LogP contribution < -0.4 is 10.1 Å². The maximum Gasteiger partial charge on any atom is 0.142 e. The molecule has 1 aromatic carbocycles. The Kier molecular flexibility index (Phi) is 4.31. The van der Waals surface area contributed by atoms with E-state index in [1.807, 2.05) is 24.3 Å². The zero-order chi connectivity index (χ0) is 12.3. The van der Waals surface area contributed by atoms with Gasteiger partial charge >= 0.3 is 0 Å². The van der Waals surface area contributed by atoms with Crippen molar-refractivity contribution in [2.24, 2.45) is 0 Å². The van der Waals surface area contributed by atoms with Gasteiger partial charge in [0.2, 0.25) is 0 Å². The predicted molar refractivity (Wildman–Crippen MR) is 77.3 cm³/mol. The monoisotopic (exact) mass is 331 g/mol. The average molecular weight is 333 g/mol. The number of thiophene rings is 1. The second kappa shape index (κ2) is 5.76. The molecule has 17 heavy (non-hydrogen) atoms. The summed E-state index contributed by atoms with van der Waals surface area (Å²) in [5.74, 6) is 0.794.